The van der Waals surface area contributed by atoms with Crippen molar-refractivity contribution in [3.8, 4) is 11.5 Å². The van der Waals surface area contributed by atoms with Crippen LogP contribution in [0.2, 0.25) is 6.55 Å². The fourth-order valence-electron chi connectivity index (χ4n) is 1.70. The Labute approximate surface area is 109 Å². The van der Waals surface area contributed by atoms with E-state index in [4.69, 9.17) is 8.85 Å². The van der Waals surface area contributed by atoms with Gasteiger partial charge in [-0.05, 0) is 23.4 Å². The van der Waals surface area contributed by atoms with Crippen LogP contribution in [0.5, 0.6) is 0 Å². The van der Waals surface area contributed by atoms with Gasteiger partial charge in [0.1, 0.15) is 0 Å². The summed E-state index contributed by atoms with van der Waals surface area (Å²) in [5.41, 5.74) is 4.16. The molecule has 2 rings (SSSR count). The van der Waals surface area contributed by atoms with Crippen LogP contribution in [0.25, 0.3) is 10.8 Å². The molecule has 0 saturated heterocycles. The highest BCUT2D eigenvalue weighted by Gasteiger charge is 2.25. The SMILES string of the molecule is CO[Si](C)(C#Cc1cccc2ccccc12)OC. The van der Waals surface area contributed by atoms with E-state index in [1.807, 2.05) is 30.8 Å². The largest absolute Gasteiger partial charge is 0.420 e. The summed E-state index contributed by atoms with van der Waals surface area (Å²) in [6.07, 6.45) is 0. The molecule has 0 bridgehead atoms. The number of hydrogen-bond acceptors (Lipinski definition) is 2. The Morgan fingerprint density at radius 2 is 1.61 bits per heavy atom. The van der Waals surface area contributed by atoms with E-state index in [-0.39, 0.29) is 0 Å². The van der Waals surface area contributed by atoms with E-state index in [0.717, 1.165) is 10.9 Å². The maximum Gasteiger partial charge on any atom is 0.420 e. The maximum absolute atomic E-state index is 5.36. The second-order valence-corrected chi connectivity index (χ2v) is 7.09. The van der Waals surface area contributed by atoms with Gasteiger partial charge in [-0.15, -0.1) is 0 Å². The predicted molar refractivity (Wildman–Crippen MR) is 76.5 cm³/mol. The van der Waals surface area contributed by atoms with Crippen molar-refractivity contribution in [3.05, 3.63) is 48.0 Å². The van der Waals surface area contributed by atoms with Gasteiger partial charge in [0.15, 0.2) is 0 Å². The molecule has 0 heterocycles. The van der Waals surface area contributed by atoms with Crippen LogP contribution >= 0.6 is 0 Å². The van der Waals surface area contributed by atoms with Crippen LogP contribution in [0.3, 0.4) is 0 Å². The van der Waals surface area contributed by atoms with Gasteiger partial charge in [0.25, 0.3) is 0 Å². The first-order chi connectivity index (χ1) is 8.68. The summed E-state index contributed by atoms with van der Waals surface area (Å²) in [6.45, 7) is 1.94. The van der Waals surface area contributed by atoms with Gasteiger partial charge in [0.2, 0.25) is 0 Å². The highest BCUT2D eigenvalue weighted by Crippen LogP contribution is 2.17. The summed E-state index contributed by atoms with van der Waals surface area (Å²) in [5, 5.41) is 2.36. The van der Waals surface area contributed by atoms with Crippen molar-refractivity contribution < 1.29 is 8.85 Å². The van der Waals surface area contributed by atoms with Crippen molar-refractivity contribution in [2.75, 3.05) is 14.2 Å². The van der Waals surface area contributed by atoms with Crippen molar-refractivity contribution in [2.45, 2.75) is 6.55 Å². The van der Waals surface area contributed by atoms with Crippen LogP contribution in [0.15, 0.2) is 42.5 Å². The monoisotopic (exact) mass is 256 g/mol. The second-order valence-electron chi connectivity index (χ2n) is 4.13. The third-order valence-electron chi connectivity index (χ3n) is 2.99. The molecule has 0 fully saturated rings. The van der Waals surface area contributed by atoms with Gasteiger partial charge in [0, 0.05) is 19.8 Å². The van der Waals surface area contributed by atoms with Crippen molar-refractivity contribution in [1.29, 1.82) is 0 Å². The Balaban J connectivity index is 2.47. The summed E-state index contributed by atoms with van der Waals surface area (Å²) in [7, 11) is 0.964. The molecule has 0 unspecified atom stereocenters. The van der Waals surface area contributed by atoms with Gasteiger partial charge < -0.3 is 8.85 Å². The Morgan fingerprint density at radius 3 is 2.33 bits per heavy atom. The molecule has 18 heavy (non-hydrogen) atoms. The molecular weight excluding hydrogens is 240 g/mol. The number of benzene rings is 2. The summed E-state index contributed by atoms with van der Waals surface area (Å²) < 4.78 is 10.7. The van der Waals surface area contributed by atoms with Crippen molar-refractivity contribution in [2.24, 2.45) is 0 Å². The van der Waals surface area contributed by atoms with Gasteiger partial charge in [0.05, 0.1) is 0 Å². The van der Waals surface area contributed by atoms with Crippen LogP contribution in [-0.2, 0) is 8.85 Å². The van der Waals surface area contributed by atoms with E-state index >= 15 is 0 Å². The highest BCUT2D eigenvalue weighted by atomic mass is 28.4. The van der Waals surface area contributed by atoms with E-state index in [2.05, 4.69) is 29.7 Å². The Kier molecular flexibility index (Phi) is 3.83. The molecule has 0 amide bonds. The quantitative estimate of drug-likeness (QED) is 0.607. The molecule has 0 aliphatic rings. The maximum atomic E-state index is 5.36. The predicted octanol–water partition coefficient (Wildman–Crippen LogP) is 3.10. The van der Waals surface area contributed by atoms with Crippen molar-refractivity contribution in [1.82, 2.24) is 0 Å². The Morgan fingerprint density at radius 1 is 0.944 bits per heavy atom. The Bertz CT molecular complexity index is 601. The lowest BCUT2D eigenvalue weighted by atomic mass is 10.1. The fraction of sp³-hybridized carbons (Fsp3) is 0.200. The van der Waals surface area contributed by atoms with Crippen LogP contribution in [0.4, 0.5) is 0 Å². The molecule has 2 aromatic rings. The molecule has 3 heteroatoms. The molecule has 92 valence electrons. The molecular formula is C15H16O2Si. The van der Waals surface area contributed by atoms with E-state index in [1.165, 1.54) is 5.39 Å². The summed E-state index contributed by atoms with van der Waals surface area (Å²) in [6, 6.07) is 14.4. The number of fused-ring (bicyclic) bond motifs is 1. The molecule has 0 N–H and O–H groups in total. The van der Waals surface area contributed by atoms with E-state index in [0.29, 0.717) is 0 Å². The first kappa shape index (κ1) is 12.8. The fourth-order valence-corrected chi connectivity index (χ4v) is 2.43. The zero-order valence-electron chi connectivity index (χ0n) is 10.9. The van der Waals surface area contributed by atoms with Crippen LogP contribution in [-0.4, -0.2) is 22.8 Å². The molecule has 2 aromatic carbocycles. The summed E-state index contributed by atoms with van der Waals surface area (Å²) >= 11 is 0. The minimum Gasteiger partial charge on any atom is -0.389 e. The van der Waals surface area contributed by atoms with Crippen LogP contribution in [0.1, 0.15) is 5.56 Å². The molecule has 2 nitrogen and oxygen atoms in total. The van der Waals surface area contributed by atoms with Gasteiger partial charge >= 0.3 is 8.56 Å². The van der Waals surface area contributed by atoms with Crippen molar-refractivity contribution in [3.63, 3.8) is 0 Å². The molecule has 0 aliphatic carbocycles. The van der Waals surface area contributed by atoms with Gasteiger partial charge in [-0.1, -0.05) is 47.9 Å². The zero-order chi connectivity index (χ0) is 13.0. The third kappa shape index (κ3) is 2.62. The van der Waals surface area contributed by atoms with E-state index in [1.54, 1.807) is 14.2 Å². The smallest absolute Gasteiger partial charge is 0.389 e. The van der Waals surface area contributed by atoms with Crippen LogP contribution < -0.4 is 0 Å². The zero-order valence-corrected chi connectivity index (χ0v) is 11.9. The minimum absolute atomic E-state index is 1.01. The second kappa shape index (κ2) is 5.36. The minimum atomic E-state index is -2.33. The third-order valence-corrected chi connectivity index (χ3v) is 5.13. The van der Waals surface area contributed by atoms with Gasteiger partial charge in [-0.2, -0.15) is 0 Å². The average molecular weight is 256 g/mol. The standard InChI is InChI=1S/C15H16O2Si/c1-16-18(3,17-2)12-11-14-9-6-8-13-7-4-5-10-15(13)14/h4-10H,1-3H3. The topological polar surface area (TPSA) is 18.5 Å². The average Bonchev–Trinajstić information content (AvgIpc) is 2.44. The lowest BCUT2D eigenvalue weighted by molar-refractivity contribution is 0.266. The molecule has 0 saturated carbocycles. The first-order valence-electron chi connectivity index (χ1n) is 5.80. The van der Waals surface area contributed by atoms with Gasteiger partial charge in [-0.25, -0.2) is 0 Å². The lowest BCUT2D eigenvalue weighted by Gasteiger charge is -2.14. The normalized spacial score (nSPS) is 11.1. The van der Waals surface area contributed by atoms with Crippen LogP contribution in [0, 0.1) is 11.5 Å². The highest BCUT2D eigenvalue weighted by molar-refractivity contribution is 6.74. The van der Waals surface area contributed by atoms with Crippen molar-refractivity contribution >= 4 is 19.3 Å². The summed E-state index contributed by atoms with van der Waals surface area (Å²) in [5.74, 6) is 3.19. The number of rotatable bonds is 2. The molecule has 0 radical (unpaired) electrons. The summed E-state index contributed by atoms with van der Waals surface area (Å²) in [4.78, 5) is 0. The molecule has 0 aliphatic heterocycles. The van der Waals surface area contributed by atoms with Gasteiger partial charge in [-0.3, -0.25) is 0 Å². The molecule has 0 spiro atoms. The number of hydrogen-bond donors (Lipinski definition) is 0. The Hall–Kier alpha value is -1.60. The molecule has 0 atom stereocenters. The first-order valence-corrected chi connectivity index (χ1v) is 8.11. The van der Waals surface area contributed by atoms with E-state index < -0.39 is 8.56 Å². The lowest BCUT2D eigenvalue weighted by Crippen LogP contribution is -2.34. The van der Waals surface area contributed by atoms with E-state index in [9.17, 15) is 0 Å². The molecule has 0 aromatic heterocycles.